The molecule has 0 amide bonds. The van der Waals surface area contributed by atoms with Crippen molar-refractivity contribution in [2.75, 3.05) is 7.11 Å². The molecule has 1 heterocycles. The minimum atomic E-state index is -0.810. The van der Waals surface area contributed by atoms with Gasteiger partial charge in [0.1, 0.15) is 29.2 Å². The van der Waals surface area contributed by atoms with Crippen molar-refractivity contribution >= 4 is 11.0 Å². The highest BCUT2D eigenvalue weighted by atomic mass is 19.1. The molecule has 0 spiro atoms. The molecule has 0 bridgehead atoms. The topological polar surface area (TPSA) is 39.4 Å². The Morgan fingerprint density at radius 2 is 1.81 bits per heavy atom. The zero-order chi connectivity index (χ0) is 15.0. The molecule has 106 valence electrons. The standard InChI is InChI=1S/C16H10F2O3/c1-20-9-5-6-10-14(7-9)21-8-11(16(10)19)15-12(17)3-2-4-13(15)18/h2-8H,1H3. The maximum Gasteiger partial charge on any atom is 0.200 e. The van der Waals surface area contributed by atoms with E-state index >= 15 is 0 Å². The van der Waals surface area contributed by atoms with Crippen LogP contribution in [0.3, 0.4) is 0 Å². The molecule has 0 saturated heterocycles. The third kappa shape index (κ3) is 2.16. The molecule has 5 heteroatoms. The van der Waals surface area contributed by atoms with Gasteiger partial charge in [0.05, 0.1) is 23.6 Å². The van der Waals surface area contributed by atoms with E-state index in [0.717, 1.165) is 18.4 Å². The molecular formula is C16H10F2O3. The molecule has 0 saturated carbocycles. The molecule has 3 aromatic rings. The van der Waals surface area contributed by atoms with E-state index in [2.05, 4.69) is 0 Å². The molecule has 0 atom stereocenters. The Morgan fingerprint density at radius 3 is 2.48 bits per heavy atom. The number of halogens is 2. The molecule has 0 N–H and O–H groups in total. The van der Waals surface area contributed by atoms with Gasteiger partial charge in [-0.05, 0) is 24.3 Å². The molecule has 21 heavy (non-hydrogen) atoms. The van der Waals surface area contributed by atoms with E-state index in [1.165, 1.54) is 25.3 Å². The van der Waals surface area contributed by atoms with Crippen molar-refractivity contribution in [2.45, 2.75) is 0 Å². The predicted molar refractivity (Wildman–Crippen MR) is 74.4 cm³/mol. The molecule has 0 unspecified atom stereocenters. The van der Waals surface area contributed by atoms with Crippen molar-refractivity contribution in [3.05, 3.63) is 64.5 Å². The summed E-state index contributed by atoms with van der Waals surface area (Å²) >= 11 is 0. The van der Waals surface area contributed by atoms with Crippen molar-refractivity contribution < 1.29 is 17.9 Å². The summed E-state index contributed by atoms with van der Waals surface area (Å²) in [5, 5.41) is 0.232. The largest absolute Gasteiger partial charge is 0.497 e. The van der Waals surface area contributed by atoms with Gasteiger partial charge in [0.15, 0.2) is 0 Å². The SMILES string of the molecule is COc1ccc2c(=O)c(-c3c(F)cccc3F)coc2c1. The van der Waals surface area contributed by atoms with E-state index in [1.54, 1.807) is 6.07 Å². The van der Waals surface area contributed by atoms with E-state index in [-0.39, 0.29) is 16.5 Å². The average molecular weight is 288 g/mol. The molecule has 0 fully saturated rings. The van der Waals surface area contributed by atoms with Gasteiger partial charge in [-0.2, -0.15) is 0 Å². The number of benzene rings is 2. The van der Waals surface area contributed by atoms with Crippen molar-refractivity contribution in [1.82, 2.24) is 0 Å². The second-order valence-electron chi connectivity index (χ2n) is 4.44. The van der Waals surface area contributed by atoms with Crippen LogP contribution in [0.5, 0.6) is 5.75 Å². The Labute approximate surface area is 118 Å². The molecule has 0 aliphatic carbocycles. The second kappa shape index (κ2) is 5.01. The third-order valence-electron chi connectivity index (χ3n) is 3.21. The van der Waals surface area contributed by atoms with E-state index in [4.69, 9.17) is 9.15 Å². The van der Waals surface area contributed by atoms with E-state index in [9.17, 15) is 13.6 Å². The smallest absolute Gasteiger partial charge is 0.200 e. The number of hydrogen-bond acceptors (Lipinski definition) is 3. The van der Waals surface area contributed by atoms with Crippen molar-refractivity contribution in [2.24, 2.45) is 0 Å². The monoisotopic (exact) mass is 288 g/mol. The second-order valence-corrected chi connectivity index (χ2v) is 4.44. The normalized spacial score (nSPS) is 10.8. The Kier molecular flexibility index (Phi) is 3.17. The molecule has 0 aliphatic rings. The maximum atomic E-state index is 13.8. The van der Waals surface area contributed by atoms with Crippen LogP contribution in [-0.2, 0) is 0 Å². The van der Waals surface area contributed by atoms with Crippen LogP contribution in [0.25, 0.3) is 22.1 Å². The van der Waals surface area contributed by atoms with Gasteiger partial charge in [-0.3, -0.25) is 4.79 Å². The molecular weight excluding hydrogens is 278 g/mol. The lowest BCUT2D eigenvalue weighted by atomic mass is 10.0. The van der Waals surface area contributed by atoms with Crippen LogP contribution < -0.4 is 10.2 Å². The minimum Gasteiger partial charge on any atom is -0.497 e. The number of hydrogen-bond donors (Lipinski definition) is 0. The number of fused-ring (bicyclic) bond motifs is 1. The Balaban J connectivity index is 2.31. The summed E-state index contributed by atoms with van der Waals surface area (Å²) in [4.78, 5) is 12.4. The number of methoxy groups -OCH3 is 1. The lowest BCUT2D eigenvalue weighted by Crippen LogP contribution is -2.07. The summed E-state index contributed by atoms with van der Waals surface area (Å²) in [7, 11) is 1.49. The summed E-state index contributed by atoms with van der Waals surface area (Å²) < 4.78 is 37.9. The molecule has 2 aromatic carbocycles. The molecule has 0 radical (unpaired) electrons. The fraction of sp³-hybridized carbons (Fsp3) is 0.0625. The van der Waals surface area contributed by atoms with Gasteiger partial charge < -0.3 is 9.15 Å². The highest BCUT2D eigenvalue weighted by Gasteiger charge is 2.17. The fourth-order valence-electron chi connectivity index (χ4n) is 2.16. The maximum absolute atomic E-state index is 13.8. The van der Waals surface area contributed by atoms with E-state index < -0.39 is 17.1 Å². The third-order valence-corrected chi connectivity index (χ3v) is 3.21. The van der Waals surface area contributed by atoms with Gasteiger partial charge >= 0.3 is 0 Å². The lowest BCUT2D eigenvalue weighted by molar-refractivity contribution is 0.414. The summed E-state index contributed by atoms with van der Waals surface area (Å²) in [5.41, 5.74) is -0.741. The van der Waals surface area contributed by atoms with Gasteiger partial charge in [-0.15, -0.1) is 0 Å². The minimum absolute atomic E-state index is 0.150. The highest BCUT2D eigenvalue weighted by Crippen LogP contribution is 2.26. The van der Waals surface area contributed by atoms with Crippen LogP contribution in [0, 0.1) is 11.6 Å². The van der Waals surface area contributed by atoms with Gasteiger partial charge in [0.25, 0.3) is 0 Å². The van der Waals surface area contributed by atoms with E-state index in [0.29, 0.717) is 11.3 Å². The Morgan fingerprint density at radius 1 is 1.10 bits per heavy atom. The quantitative estimate of drug-likeness (QED) is 0.721. The summed E-state index contributed by atoms with van der Waals surface area (Å²) in [5.74, 6) is -1.10. The number of ether oxygens (including phenoxy) is 1. The van der Waals surface area contributed by atoms with Crippen LogP contribution in [0.2, 0.25) is 0 Å². The predicted octanol–water partition coefficient (Wildman–Crippen LogP) is 3.75. The van der Waals surface area contributed by atoms with Crippen molar-refractivity contribution in [3.8, 4) is 16.9 Å². The Bertz CT molecular complexity index is 864. The zero-order valence-electron chi connectivity index (χ0n) is 11.0. The van der Waals surface area contributed by atoms with Gasteiger partial charge in [0.2, 0.25) is 5.43 Å². The summed E-state index contributed by atoms with van der Waals surface area (Å²) in [6.45, 7) is 0. The average Bonchev–Trinajstić information content (AvgIpc) is 2.49. The van der Waals surface area contributed by atoms with Crippen molar-refractivity contribution in [1.29, 1.82) is 0 Å². The van der Waals surface area contributed by atoms with Gasteiger partial charge in [-0.1, -0.05) is 6.07 Å². The van der Waals surface area contributed by atoms with Crippen molar-refractivity contribution in [3.63, 3.8) is 0 Å². The van der Waals surface area contributed by atoms with Crippen LogP contribution in [0.15, 0.2) is 51.9 Å². The molecule has 0 aliphatic heterocycles. The zero-order valence-corrected chi connectivity index (χ0v) is 11.0. The number of rotatable bonds is 2. The highest BCUT2D eigenvalue weighted by molar-refractivity contribution is 5.82. The van der Waals surface area contributed by atoms with Crippen LogP contribution >= 0.6 is 0 Å². The van der Waals surface area contributed by atoms with Gasteiger partial charge in [0, 0.05) is 6.07 Å². The summed E-state index contributed by atoms with van der Waals surface area (Å²) in [6.07, 6.45) is 1.06. The van der Waals surface area contributed by atoms with Crippen LogP contribution in [-0.4, -0.2) is 7.11 Å². The molecule has 3 nitrogen and oxygen atoms in total. The fourth-order valence-corrected chi connectivity index (χ4v) is 2.16. The lowest BCUT2D eigenvalue weighted by Gasteiger charge is -2.06. The first-order valence-corrected chi connectivity index (χ1v) is 6.16. The van der Waals surface area contributed by atoms with Crippen LogP contribution in [0.1, 0.15) is 0 Å². The molecule has 1 aromatic heterocycles. The Hall–Kier alpha value is -2.69. The molecule has 3 rings (SSSR count). The van der Waals surface area contributed by atoms with Crippen LogP contribution in [0.4, 0.5) is 8.78 Å². The first kappa shape index (κ1) is 13.3. The first-order chi connectivity index (χ1) is 10.1. The van der Waals surface area contributed by atoms with Gasteiger partial charge in [-0.25, -0.2) is 8.78 Å². The van der Waals surface area contributed by atoms with E-state index in [1.807, 2.05) is 0 Å². The summed E-state index contributed by atoms with van der Waals surface area (Å²) in [6, 6.07) is 8.05. The first-order valence-electron chi connectivity index (χ1n) is 6.16.